The normalized spacial score (nSPS) is 17.3. The number of nitrogens with zero attached hydrogens (tertiary/aromatic N) is 3. The highest BCUT2D eigenvalue weighted by Crippen LogP contribution is 2.35. The summed E-state index contributed by atoms with van der Waals surface area (Å²) in [5.41, 5.74) is 7.43. The number of hydrogen-bond donors (Lipinski definition) is 2. The van der Waals surface area contributed by atoms with Gasteiger partial charge in [-0.2, -0.15) is 0 Å². The van der Waals surface area contributed by atoms with Crippen molar-refractivity contribution >= 4 is 40.8 Å². The average molecular weight is 406 g/mol. The van der Waals surface area contributed by atoms with Gasteiger partial charge in [-0.3, -0.25) is 19.3 Å². The maximum Gasteiger partial charge on any atom is 0.273 e. The predicted octanol–water partition coefficient (Wildman–Crippen LogP) is 1.65. The second kappa shape index (κ2) is 9.31. The molecule has 0 spiro atoms. The number of nitrogens with one attached hydrogen (secondary N) is 1. The van der Waals surface area contributed by atoms with E-state index in [2.05, 4.69) is 15.2 Å². The van der Waals surface area contributed by atoms with E-state index >= 15 is 0 Å². The molecule has 9 heteroatoms. The third kappa shape index (κ3) is 4.98. The highest BCUT2D eigenvalue weighted by atomic mass is 32.1. The van der Waals surface area contributed by atoms with Gasteiger partial charge in [0.15, 0.2) is 0 Å². The molecule has 0 bridgehead atoms. The molecular weight excluding hydrogens is 378 g/mol. The lowest BCUT2D eigenvalue weighted by molar-refractivity contribution is -0.180. The van der Waals surface area contributed by atoms with Crippen LogP contribution in [0.15, 0.2) is 16.6 Å². The highest BCUT2D eigenvalue weighted by molar-refractivity contribution is 7.13. The van der Waals surface area contributed by atoms with Crippen molar-refractivity contribution in [2.45, 2.75) is 33.2 Å². The number of rotatable bonds is 7. The molecular formula is C19H27N5O3S. The summed E-state index contributed by atoms with van der Waals surface area (Å²) in [4.78, 5) is 38.6. The molecule has 0 aromatic carbocycles. The largest absolute Gasteiger partial charge is 0.387 e. The van der Waals surface area contributed by atoms with Crippen LogP contribution in [0.5, 0.6) is 0 Å². The summed E-state index contributed by atoms with van der Waals surface area (Å²) in [5.74, 6) is 0.289. The fraction of sp³-hybridized carbons (Fsp3) is 0.526. The van der Waals surface area contributed by atoms with Gasteiger partial charge >= 0.3 is 0 Å². The molecule has 0 saturated carbocycles. The molecule has 28 heavy (non-hydrogen) atoms. The molecule has 0 aliphatic carbocycles. The number of hydroxylamine groups is 2. The Morgan fingerprint density at radius 1 is 1.46 bits per heavy atom. The first-order valence-corrected chi connectivity index (χ1v) is 10.4. The third-order valence-electron chi connectivity index (χ3n) is 4.44. The molecule has 1 aromatic heterocycles. The van der Waals surface area contributed by atoms with Crippen LogP contribution in [0.1, 0.15) is 36.4 Å². The lowest BCUT2D eigenvalue weighted by atomic mass is 10.1. The first-order chi connectivity index (χ1) is 13.5. The van der Waals surface area contributed by atoms with Gasteiger partial charge in [0.1, 0.15) is 5.84 Å². The van der Waals surface area contributed by atoms with Crippen molar-refractivity contribution in [3.8, 4) is 0 Å². The molecule has 2 aliphatic rings. The number of nitrogens with two attached hydrogens (primary N) is 1. The summed E-state index contributed by atoms with van der Waals surface area (Å²) in [6, 6.07) is 2.00. The number of piperazine rings is 1. The number of amidine groups is 1. The standard InChI is InChI=1S/C19H27N5O3S/c1-3-6-24(27-4-2)19(26)13-8-16-15(22-17(20)9-13)10-14(28-16)11-23-7-5-21-18(25)12-23/h8,10H,3-7,9,11-12H2,1-2H3,(H2,20,22)(H,21,25). The van der Waals surface area contributed by atoms with Crippen LogP contribution in [0, 0.1) is 0 Å². The van der Waals surface area contributed by atoms with Crippen molar-refractivity contribution < 1.29 is 14.4 Å². The minimum atomic E-state index is -0.169. The van der Waals surface area contributed by atoms with Gasteiger partial charge in [-0.1, -0.05) is 6.92 Å². The zero-order valence-electron chi connectivity index (χ0n) is 16.4. The lowest BCUT2D eigenvalue weighted by Crippen LogP contribution is -2.46. The predicted molar refractivity (Wildman–Crippen MR) is 110 cm³/mol. The van der Waals surface area contributed by atoms with E-state index in [1.807, 2.05) is 26.0 Å². The number of hydrogen-bond acceptors (Lipinski definition) is 7. The molecule has 2 amide bonds. The van der Waals surface area contributed by atoms with E-state index in [0.717, 1.165) is 28.4 Å². The number of carbonyl (C=O) groups excluding carboxylic acids is 2. The topological polar surface area (TPSA) is 100 Å². The van der Waals surface area contributed by atoms with E-state index in [0.29, 0.717) is 50.6 Å². The first-order valence-electron chi connectivity index (χ1n) is 9.60. The zero-order chi connectivity index (χ0) is 20.1. The van der Waals surface area contributed by atoms with Crippen molar-refractivity contribution in [1.29, 1.82) is 0 Å². The van der Waals surface area contributed by atoms with Gasteiger partial charge in [0.2, 0.25) is 5.91 Å². The van der Waals surface area contributed by atoms with Crippen LogP contribution < -0.4 is 11.1 Å². The quantitative estimate of drug-likeness (QED) is 0.672. The SMILES string of the molecule is CCCN(OCC)C(=O)C1=Cc2sc(CN3CCNC(=O)C3)cc2N=C(N)C1. The van der Waals surface area contributed by atoms with Crippen molar-refractivity contribution in [3.63, 3.8) is 0 Å². The molecule has 1 fully saturated rings. The maximum atomic E-state index is 12.9. The summed E-state index contributed by atoms with van der Waals surface area (Å²) < 4.78 is 0. The van der Waals surface area contributed by atoms with Crippen LogP contribution in [-0.2, 0) is 21.0 Å². The van der Waals surface area contributed by atoms with Crippen LogP contribution >= 0.6 is 11.3 Å². The molecule has 0 atom stereocenters. The Morgan fingerprint density at radius 3 is 3.00 bits per heavy atom. The van der Waals surface area contributed by atoms with Crippen LogP contribution in [-0.4, -0.2) is 60.4 Å². The molecule has 3 N–H and O–H groups in total. The van der Waals surface area contributed by atoms with Gasteiger partial charge in [-0.15, -0.1) is 11.3 Å². The second-order valence-electron chi connectivity index (χ2n) is 6.80. The summed E-state index contributed by atoms with van der Waals surface area (Å²) in [5, 5.41) is 4.24. The third-order valence-corrected chi connectivity index (χ3v) is 5.50. The summed E-state index contributed by atoms with van der Waals surface area (Å²) in [6.07, 6.45) is 2.98. The molecule has 0 radical (unpaired) electrons. The molecule has 152 valence electrons. The lowest BCUT2D eigenvalue weighted by Gasteiger charge is -2.25. The maximum absolute atomic E-state index is 12.9. The van der Waals surface area contributed by atoms with Gasteiger partial charge in [0.05, 0.1) is 23.7 Å². The van der Waals surface area contributed by atoms with Crippen molar-refractivity contribution in [2.75, 3.05) is 32.8 Å². The smallest absolute Gasteiger partial charge is 0.273 e. The van der Waals surface area contributed by atoms with E-state index in [-0.39, 0.29) is 11.8 Å². The number of carbonyl (C=O) groups is 2. The molecule has 1 aromatic rings. The molecule has 3 heterocycles. The molecule has 1 saturated heterocycles. The Hall–Kier alpha value is -2.23. The molecule has 3 rings (SSSR count). The molecule has 2 aliphatic heterocycles. The van der Waals surface area contributed by atoms with Crippen molar-refractivity contribution in [3.05, 3.63) is 21.4 Å². The van der Waals surface area contributed by atoms with Crippen LogP contribution in [0.2, 0.25) is 0 Å². The van der Waals surface area contributed by atoms with Gasteiger partial charge in [-0.05, 0) is 25.5 Å². The fourth-order valence-electron chi connectivity index (χ4n) is 3.24. The second-order valence-corrected chi connectivity index (χ2v) is 7.97. The highest BCUT2D eigenvalue weighted by Gasteiger charge is 2.24. The summed E-state index contributed by atoms with van der Waals surface area (Å²) in [7, 11) is 0. The first kappa shape index (κ1) is 20.5. The Kier molecular flexibility index (Phi) is 6.82. The Balaban J connectivity index is 1.81. The Bertz CT molecular complexity index is 795. The van der Waals surface area contributed by atoms with E-state index < -0.39 is 0 Å². The fourth-order valence-corrected chi connectivity index (χ4v) is 4.35. The number of thiophene rings is 1. The van der Waals surface area contributed by atoms with E-state index in [4.69, 9.17) is 10.6 Å². The summed E-state index contributed by atoms with van der Waals surface area (Å²) >= 11 is 1.58. The van der Waals surface area contributed by atoms with Gasteiger partial charge < -0.3 is 11.1 Å². The van der Waals surface area contributed by atoms with E-state index in [1.54, 1.807) is 11.3 Å². The number of aliphatic imine (C=N–C) groups is 1. The summed E-state index contributed by atoms with van der Waals surface area (Å²) in [6.45, 7) is 7.38. The van der Waals surface area contributed by atoms with Crippen LogP contribution in [0.4, 0.5) is 5.69 Å². The van der Waals surface area contributed by atoms with Gasteiger partial charge in [0.25, 0.3) is 5.91 Å². The number of amides is 2. The van der Waals surface area contributed by atoms with Crippen LogP contribution in [0.25, 0.3) is 6.08 Å². The average Bonchev–Trinajstić information content (AvgIpc) is 2.93. The Morgan fingerprint density at radius 2 is 2.29 bits per heavy atom. The van der Waals surface area contributed by atoms with Crippen LogP contribution in [0.3, 0.4) is 0 Å². The number of fused-ring (bicyclic) bond motifs is 1. The van der Waals surface area contributed by atoms with E-state index in [9.17, 15) is 9.59 Å². The Labute approximate surface area is 169 Å². The monoisotopic (exact) mass is 405 g/mol. The van der Waals surface area contributed by atoms with Crippen molar-refractivity contribution in [2.24, 2.45) is 10.7 Å². The molecule has 8 nitrogen and oxygen atoms in total. The van der Waals surface area contributed by atoms with Gasteiger partial charge in [0, 0.05) is 43.1 Å². The molecule has 0 unspecified atom stereocenters. The zero-order valence-corrected chi connectivity index (χ0v) is 17.2. The minimum absolute atomic E-state index is 0.0475. The van der Waals surface area contributed by atoms with Gasteiger partial charge in [-0.25, -0.2) is 10.1 Å². The minimum Gasteiger partial charge on any atom is -0.387 e. The van der Waals surface area contributed by atoms with Crippen molar-refractivity contribution in [1.82, 2.24) is 15.3 Å². The van der Waals surface area contributed by atoms with E-state index in [1.165, 1.54) is 5.06 Å².